The van der Waals surface area contributed by atoms with Gasteiger partial charge in [0.2, 0.25) is 0 Å². The molecule has 1 unspecified atom stereocenters. The van der Waals surface area contributed by atoms with E-state index >= 15 is 0 Å². The topological polar surface area (TPSA) is 72.0 Å². The van der Waals surface area contributed by atoms with Crippen molar-refractivity contribution in [3.05, 3.63) is 28.5 Å². The summed E-state index contributed by atoms with van der Waals surface area (Å²) in [5.74, 6) is 0.798. The van der Waals surface area contributed by atoms with E-state index in [4.69, 9.17) is 11.6 Å². The zero-order chi connectivity index (χ0) is 13.3. The molecule has 0 fully saturated rings. The Morgan fingerprint density at radius 3 is 2.72 bits per heavy atom. The van der Waals surface area contributed by atoms with Crippen LogP contribution in [-0.4, -0.2) is 30.2 Å². The third-order valence-corrected chi connectivity index (χ3v) is 4.36. The molecule has 2 heterocycles. The predicted molar refractivity (Wildman–Crippen MR) is 71.5 cm³/mol. The lowest BCUT2D eigenvalue weighted by Gasteiger charge is -2.16. The van der Waals surface area contributed by atoms with Crippen LogP contribution >= 0.6 is 11.6 Å². The lowest BCUT2D eigenvalue weighted by atomic mass is 10.1. The summed E-state index contributed by atoms with van der Waals surface area (Å²) in [5.41, 5.74) is 0.803. The summed E-state index contributed by atoms with van der Waals surface area (Å²) in [6.45, 7) is 3.97. The summed E-state index contributed by atoms with van der Waals surface area (Å²) < 4.78 is 22.7. The summed E-state index contributed by atoms with van der Waals surface area (Å²) in [4.78, 5) is 8.08. The van der Waals surface area contributed by atoms with E-state index < -0.39 is 9.84 Å². The zero-order valence-corrected chi connectivity index (χ0v) is 11.7. The first-order valence-corrected chi connectivity index (χ1v) is 7.66. The van der Waals surface area contributed by atoms with Crippen LogP contribution in [0.2, 0.25) is 5.15 Å². The number of hydrogen-bond acceptors (Lipinski definition) is 5. The molecule has 7 heteroatoms. The van der Waals surface area contributed by atoms with Gasteiger partial charge in [0.25, 0.3) is 0 Å². The van der Waals surface area contributed by atoms with Crippen LogP contribution in [0.5, 0.6) is 0 Å². The van der Waals surface area contributed by atoms with Gasteiger partial charge in [-0.1, -0.05) is 25.4 Å². The molecule has 2 rings (SSSR count). The van der Waals surface area contributed by atoms with Crippen molar-refractivity contribution in [2.24, 2.45) is 0 Å². The molecule has 1 atom stereocenters. The highest BCUT2D eigenvalue weighted by molar-refractivity contribution is 7.94. The van der Waals surface area contributed by atoms with Crippen molar-refractivity contribution in [1.82, 2.24) is 9.97 Å². The van der Waals surface area contributed by atoms with E-state index in [0.29, 0.717) is 11.0 Å². The quantitative estimate of drug-likeness (QED) is 0.861. The van der Waals surface area contributed by atoms with Gasteiger partial charge in [0.1, 0.15) is 17.3 Å². The number of aromatic nitrogens is 2. The molecule has 1 aliphatic rings. The molecule has 0 spiro atoms. The smallest absolute Gasteiger partial charge is 0.173 e. The summed E-state index contributed by atoms with van der Waals surface area (Å²) >= 11 is 6.04. The van der Waals surface area contributed by atoms with Crippen molar-refractivity contribution in [2.45, 2.75) is 25.8 Å². The van der Waals surface area contributed by atoms with Crippen molar-refractivity contribution < 1.29 is 8.42 Å². The van der Waals surface area contributed by atoms with E-state index in [0.717, 1.165) is 5.56 Å². The summed E-state index contributed by atoms with van der Waals surface area (Å²) in [6, 6.07) is -0.265. The van der Waals surface area contributed by atoms with Gasteiger partial charge in [-0.2, -0.15) is 0 Å². The molecule has 0 saturated carbocycles. The lowest BCUT2D eigenvalue weighted by Crippen LogP contribution is -2.22. The zero-order valence-electron chi connectivity index (χ0n) is 10.1. The van der Waals surface area contributed by atoms with Crippen LogP contribution in [0.25, 0.3) is 0 Å². The van der Waals surface area contributed by atoms with Gasteiger partial charge in [-0.3, -0.25) is 0 Å². The van der Waals surface area contributed by atoms with Crippen molar-refractivity contribution in [3.63, 3.8) is 0 Å². The standard InChI is InChI=1S/C11H14ClN3O2S/c1-7(2)9-10(12)13-6-14-11(9)15-8-3-4-18(16,17)5-8/h3-4,6-8H,5H2,1-2H3,(H,13,14,15). The van der Waals surface area contributed by atoms with Crippen molar-refractivity contribution >= 4 is 27.3 Å². The maximum atomic E-state index is 11.3. The van der Waals surface area contributed by atoms with E-state index in [1.54, 1.807) is 6.08 Å². The number of sulfone groups is 1. The average molecular weight is 288 g/mol. The molecule has 1 N–H and O–H groups in total. The monoisotopic (exact) mass is 287 g/mol. The number of nitrogens with zero attached hydrogens (tertiary/aromatic N) is 2. The fraction of sp³-hybridized carbons (Fsp3) is 0.455. The Hall–Kier alpha value is -1.14. The van der Waals surface area contributed by atoms with Crippen LogP contribution < -0.4 is 5.32 Å². The van der Waals surface area contributed by atoms with Crippen LogP contribution in [0.3, 0.4) is 0 Å². The van der Waals surface area contributed by atoms with Crippen LogP contribution in [0, 0.1) is 0 Å². The minimum absolute atomic E-state index is 0.0478. The van der Waals surface area contributed by atoms with E-state index in [1.807, 2.05) is 13.8 Å². The third-order valence-electron chi connectivity index (χ3n) is 2.66. The number of halogens is 1. The first-order valence-electron chi connectivity index (χ1n) is 5.57. The molecular weight excluding hydrogens is 274 g/mol. The van der Waals surface area contributed by atoms with Crippen molar-refractivity contribution in [2.75, 3.05) is 11.1 Å². The Morgan fingerprint density at radius 2 is 2.17 bits per heavy atom. The van der Waals surface area contributed by atoms with Crippen LogP contribution in [0.15, 0.2) is 17.8 Å². The fourth-order valence-electron chi connectivity index (χ4n) is 1.84. The molecule has 1 aromatic rings. The van der Waals surface area contributed by atoms with E-state index in [9.17, 15) is 8.42 Å². The highest BCUT2D eigenvalue weighted by Crippen LogP contribution is 2.29. The van der Waals surface area contributed by atoms with Gasteiger partial charge in [0, 0.05) is 11.0 Å². The molecule has 5 nitrogen and oxygen atoms in total. The van der Waals surface area contributed by atoms with Crippen LogP contribution in [-0.2, 0) is 9.84 Å². The second-order valence-corrected chi connectivity index (χ2v) is 6.78. The molecule has 0 bridgehead atoms. The van der Waals surface area contributed by atoms with Crippen molar-refractivity contribution in [1.29, 1.82) is 0 Å². The SMILES string of the molecule is CC(C)c1c(Cl)ncnc1NC1C=CS(=O)(=O)C1. The largest absolute Gasteiger partial charge is 0.362 e. The van der Waals surface area contributed by atoms with Gasteiger partial charge >= 0.3 is 0 Å². The molecule has 0 amide bonds. The van der Waals surface area contributed by atoms with Gasteiger partial charge in [-0.25, -0.2) is 18.4 Å². The molecule has 1 aliphatic heterocycles. The minimum atomic E-state index is -3.08. The van der Waals surface area contributed by atoms with Crippen molar-refractivity contribution in [3.8, 4) is 0 Å². The summed E-state index contributed by atoms with van der Waals surface area (Å²) in [5, 5.41) is 4.71. The van der Waals surface area contributed by atoms with Gasteiger partial charge in [-0.05, 0) is 12.0 Å². The second kappa shape index (κ2) is 4.85. The first-order chi connectivity index (χ1) is 8.39. The Balaban J connectivity index is 2.26. The Morgan fingerprint density at radius 1 is 1.44 bits per heavy atom. The Bertz CT molecular complexity index is 584. The summed E-state index contributed by atoms with van der Waals surface area (Å²) in [7, 11) is -3.08. The molecule has 1 aromatic heterocycles. The van der Waals surface area contributed by atoms with Crippen LogP contribution in [0.4, 0.5) is 5.82 Å². The normalized spacial score (nSPS) is 21.4. The molecule has 98 valence electrons. The van der Waals surface area contributed by atoms with E-state index in [1.165, 1.54) is 11.7 Å². The highest BCUT2D eigenvalue weighted by atomic mass is 35.5. The van der Waals surface area contributed by atoms with Gasteiger partial charge in [-0.15, -0.1) is 0 Å². The van der Waals surface area contributed by atoms with E-state index in [2.05, 4.69) is 15.3 Å². The first kappa shape index (κ1) is 13.3. The molecule has 0 radical (unpaired) electrons. The summed E-state index contributed by atoms with van der Waals surface area (Å²) in [6.07, 6.45) is 2.99. The lowest BCUT2D eigenvalue weighted by molar-refractivity contribution is 0.605. The van der Waals surface area contributed by atoms with E-state index in [-0.39, 0.29) is 17.7 Å². The van der Waals surface area contributed by atoms with Crippen LogP contribution in [0.1, 0.15) is 25.3 Å². The third kappa shape index (κ3) is 2.81. The number of hydrogen-bond donors (Lipinski definition) is 1. The molecule has 0 aliphatic carbocycles. The maximum Gasteiger partial charge on any atom is 0.173 e. The molecular formula is C11H14ClN3O2S. The number of anilines is 1. The highest BCUT2D eigenvalue weighted by Gasteiger charge is 2.23. The number of nitrogens with one attached hydrogen (secondary N) is 1. The molecule has 0 aromatic carbocycles. The minimum Gasteiger partial charge on any atom is -0.362 e. The van der Waals surface area contributed by atoms with Gasteiger partial charge in [0.15, 0.2) is 9.84 Å². The maximum absolute atomic E-state index is 11.3. The molecule has 18 heavy (non-hydrogen) atoms. The van der Waals surface area contributed by atoms with Gasteiger partial charge < -0.3 is 5.32 Å². The Labute approximate surface area is 111 Å². The predicted octanol–water partition coefficient (Wildman–Crippen LogP) is 1.98. The average Bonchev–Trinajstić information content (AvgIpc) is 2.57. The fourth-order valence-corrected chi connectivity index (χ4v) is 3.43. The molecule has 0 saturated heterocycles. The Kier molecular flexibility index (Phi) is 3.59. The second-order valence-electron chi connectivity index (χ2n) is 4.49. The van der Waals surface area contributed by atoms with Gasteiger partial charge in [0.05, 0.1) is 11.8 Å². The number of rotatable bonds is 3.